The lowest BCUT2D eigenvalue weighted by Gasteiger charge is -2.32. The predicted octanol–water partition coefficient (Wildman–Crippen LogP) is 7.05. The van der Waals surface area contributed by atoms with E-state index >= 15 is 0 Å². The summed E-state index contributed by atoms with van der Waals surface area (Å²) < 4.78 is 17.8. The highest BCUT2D eigenvalue weighted by molar-refractivity contribution is 5.78. The summed E-state index contributed by atoms with van der Waals surface area (Å²) in [5.41, 5.74) is 3.74. The number of piperidine rings is 1. The Morgan fingerprint density at radius 2 is 1.57 bits per heavy atom. The summed E-state index contributed by atoms with van der Waals surface area (Å²) in [6.45, 7) is 7.13. The van der Waals surface area contributed by atoms with Crippen molar-refractivity contribution in [3.63, 3.8) is 0 Å². The molecule has 0 N–H and O–H groups in total. The lowest BCUT2D eigenvalue weighted by molar-refractivity contribution is -0.134. The summed E-state index contributed by atoms with van der Waals surface area (Å²) in [6.07, 6.45) is 6.02. The second-order valence-corrected chi connectivity index (χ2v) is 10.3. The maximum atomic E-state index is 13.0. The van der Waals surface area contributed by atoms with Crippen LogP contribution in [0.25, 0.3) is 11.1 Å². The van der Waals surface area contributed by atoms with Crippen LogP contribution in [0.2, 0.25) is 0 Å². The third-order valence-corrected chi connectivity index (χ3v) is 7.30. The van der Waals surface area contributed by atoms with Crippen LogP contribution in [-0.4, -0.2) is 43.7 Å². The fourth-order valence-corrected chi connectivity index (χ4v) is 4.99. The van der Waals surface area contributed by atoms with Crippen LogP contribution in [0.5, 0.6) is 17.2 Å². The fraction of sp³-hybridized carbons (Fsp3) is 0.412. The summed E-state index contributed by atoms with van der Waals surface area (Å²) >= 11 is 0. The molecule has 1 amide bonds. The molecule has 0 bridgehead atoms. The summed E-state index contributed by atoms with van der Waals surface area (Å²) in [4.78, 5) is 14.9. The topological polar surface area (TPSA) is 71.8 Å². The molecule has 1 aliphatic heterocycles. The molecule has 1 heterocycles. The van der Waals surface area contributed by atoms with Crippen molar-refractivity contribution >= 4 is 5.91 Å². The maximum absolute atomic E-state index is 13.0. The number of hydrogen-bond acceptors (Lipinski definition) is 5. The molecular formula is C34H40N2O4. The van der Waals surface area contributed by atoms with Crippen molar-refractivity contribution < 1.29 is 19.0 Å². The van der Waals surface area contributed by atoms with E-state index in [9.17, 15) is 4.79 Å². The molecule has 0 spiro atoms. The zero-order valence-electron chi connectivity index (χ0n) is 23.7. The van der Waals surface area contributed by atoms with Crippen LogP contribution in [0.15, 0.2) is 66.7 Å². The van der Waals surface area contributed by atoms with Gasteiger partial charge < -0.3 is 19.1 Å². The first-order valence-electron chi connectivity index (χ1n) is 14.5. The summed E-state index contributed by atoms with van der Waals surface area (Å²) in [6, 6.07) is 23.5. The molecular weight excluding hydrogens is 500 g/mol. The van der Waals surface area contributed by atoms with E-state index in [1.54, 1.807) is 12.1 Å². The van der Waals surface area contributed by atoms with Gasteiger partial charge in [0.05, 0.1) is 24.8 Å². The third kappa shape index (κ3) is 8.02. The van der Waals surface area contributed by atoms with E-state index < -0.39 is 0 Å². The van der Waals surface area contributed by atoms with Crippen LogP contribution in [0.3, 0.4) is 0 Å². The van der Waals surface area contributed by atoms with Crippen molar-refractivity contribution in [3.8, 4) is 34.4 Å². The second kappa shape index (κ2) is 15.0. The van der Waals surface area contributed by atoms with Gasteiger partial charge in [0.15, 0.2) is 18.1 Å². The zero-order valence-corrected chi connectivity index (χ0v) is 23.7. The van der Waals surface area contributed by atoms with E-state index in [1.165, 1.54) is 5.56 Å². The molecule has 0 aliphatic carbocycles. The first-order valence-corrected chi connectivity index (χ1v) is 14.5. The molecule has 6 heteroatoms. The largest absolute Gasteiger partial charge is 0.490 e. The Morgan fingerprint density at radius 1 is 0.875 bits per heavy atom. The number of rotatable bonds is 13. The number of likely N-dealkylation sites (tertiary alicyclic amines) is 1. The van der Waals surface area contributed by atoms with Crippen LogP contribution in [0.4, 0.5) is 0 Å². The van der Waals surface area contributed by atoms with E-state index in [4.69, 9.17) is 19.5 Å². The molecule has 40 heavy (non-hydrogen) atoms. The summed E-state index contributed by atoms with van der Waals surface area (Å²) in [5.74, 6) is 2.96. The Hall–Kier alpha value is -3.98. The molecule has 3 aromatic carbocycles. The molecule has 0 radical (unpaired) electrons. The number of aryl methyl sites for hydroxylation is 1. The monoisotopic (exact) mass is 540 g/mol. The van der Waals surface area contributed by atoms with Crippen molar-refractivity contribution in [2.45, 2.75) is 52.4 Å². The second-order valence-electron chi connectivity index (χ2n) is 10.3. The number of para-hydroxylation sites is 1. The highest BCUT2D eigenvalue weighted by Gasteiger charge is 2.23. The Labute approximate surface area is 238 Å². The van der Waals surface area contributed by atoms with E-state index in [1.807, 2.05) is 47.4 Å². The Bertz CT molecular complexity index is 1270. The Balaban J connectivity index is 1.25. The van der Waals surface area contributed by atoms with Crippen LogP contribution in [0.1, 0.15) is 57.1 Å². The molecule has 1 saturated heterocycles. The van der Waals surface area contributed by atoms with Crippen molar-refractivity contribution in [2.75, 3.05) is 32.9 Å². The normalized spacial score (nSPS) is 13.5. The van der Waals surface area contributed by atoms with Gasteiger partial charge >= 0.3 is 0 Å². The summed E-state index contributed by atoms with van der Waals surface area (Å²) in [7, 11) is 0. The van der Waals surface area contributed by atoms with Gasteiger partial charge in [-0.2, -0.15) is 5.26 Å². The molecule has 1 aliphatic rings. The van der Waals surface area contributed by atoms with E-state index in [-0.39, 0.29) is 12.5 Å². The molecule has 0 aromatic heterocycles. The molecule has 210 valence electrons. The van der Waals surface area contributed by atoms with Gasteiger partial charge in [-0.15, -0.1) is 0 Å². The molecule has 0 saturated carbocycles. The minimum absolute atomic E-state index is 0.0188. The van der Waals surface area contributed by atoms with Crippen LogP contribution < -0.4 is 14.2 Å². The smallest absolute Gasteiger partial charge is 0.260 e. The van der Waals surface area contributed by atoms with Gasteiger partial charge in [-0.3, -0.25) is 4.79 Å². The first kappa shape index (κ1) is 29.0. The Kier molecular flexibility index (Phi) is 10.9. The lowest BCUT2D eigenvalue weighted by atomic mass is 9.90. The van der Waals surface area contributed by atoms with Gasteiger partial charge in [-0.1, -0.05) is 50.2 Å². The maximum Gasteiger partial charge on any atom is 0.260 e. The van der Waals surface area contributed by atoms with Crippen molar-refractivity contribution in [2.24, 2.45) is 5.92 Å². The quantitative estimate of drug-likeness (QED) is 0.232. The highest BCUT2D eigenvalue weighted by Crippen LogP contribution is 2.32. The highest BCUT2D eigenvalue weighted by atomic mass is 16.5. The predicted molar refractivity (Wildman–Crippen MR) is 158 cm³/mol. The number of nitrogens with zero attached hydrogens (tertiary/aromatic N) is 2. The van der Waals surface area contributed by atoms with Gasteiger partial charge in [0.1, 0.15) is 5.75 Å². The first-order chi connectivity index (χ1) is 19.6. The lowest BCUT2D eigenvalue weighted by Crippen LogP contribution is -2.41. The number of carbonyl (C=O) groups is 1. The molecule has 1 fully saturated rings. The minimum Gasteiger partial charge on any atom is -0.490 e. The molecule has 0 atom stereocenters. The standard InChI is InChI=1S/C34H40N2O4/c1-3-21-38-32-16-13-27(23-33(32)39-22-4-2)10-9-26-17-19-36(20-18-26)34(37)25-40-31-8-6-5-7-30(31)29-14-11-28(24-35)12-15-29/h5-8,11-16,23,26H,3-4,9-10,17-22,25H2,1-2H3. The average molecular weight is 541 g/mol. The minimum atomic E-state index is 0.0188. The molecule has 4 rings (SSSR count). The van der Waals surface area contributed by atoms with Crippen molar-refractivity contribution in [1.29, 1.82) is 5.26 Å². The molecule has 6 nitrogen and oxygen atoms in total. The third-order valence-electron chi connectivity index (χ3n) is 7.30. The van der Waals surface area contributed by atoms with Crippen LogP contribution in [-0.2, 0) is 11.2 Å². The van der Waals surface area contributed by atoms with Gasteiger partial charge in [-0.05, 0) is 85.9 Å². The SMILES string of the molecule is CCCOc1ccc(CCC2CCN(C(=O)COc3ccccc3-c3ccc(C#N)cc3)CC2)cc1OCCC. The zero-order chi connectivity index (χ0) is 28.2. The van der Waals surface area contributed by atoms with Gasteiger partial charge in [0.25, 0.3) is 5.91 Å². The van der Waals surface area contributed by atoms with Crippen molar-refractivity contribution in [1.82, 2.24) is 4.90 Å². The molecule has 3 aromatic rings. The van der Waals surface area contributed by atoms with Crippen molar-refractivity contribution in [3.05, 3.63) is 77.9 Å². The molecule has 0 unspecified atom stereocenters. The number of benzene rings is 3. The van der Waals surface area contributed by atoms with E-state index in [2.05, 4.69) is 32.0 Å². The van der Waals surface area contributed by atoms with Gasteiger partial charge in [0, 0.05) is 18.7 Å². The number of nitriles is 1. The number of carbonyl (C=O) groups excluding carboxylic acids is 1. The summed E-state index contributed by atoms with van der Waals surface area (Å²) in [5, 5.41) is 9.06. The number of ether oxygens (including phenoxy) is 3. The van der Waals surface area contributed by atoms with Crippen LogP contribution in [0, 0.1) is 17.2 Å². The van der Waals surface area contributed by atoms with Gasteiger partial charge in [0.2, 0.25) is 0 Å². The number of amides is 1. The van der Waals surface area contributed by atoms with E-state index in [0.29, 0.717) is 30.4 Å². The van der Waals surface area contributed by atoms with E-state index in [0.717, 1.165) is 74.2 Å². The Morgan fingerprint density at radius 3 is 2.27 bits per heavy atom. The fourth-order valence-electron chi connectivity index (χ4n) is 4.99. The van der Waals surface area contributed by atoms with Crippen LogP contribution >= 0.6 is 0 Å². The van der Waals surface area contributed by atoms with Gasteiger partial charge in [-0.25, -0.2) is 0 Å². The number of hydrogen-bond donors (Lipinski definition) is 0. The average Bonchev–Trinajstić information content (AvgIpc) is 3.01.